The maximum absolute atomic E-state index is 11.3. The van der Waals surface area contributed by atoms with E-state index in [0.29, 0.717) is 30.1 Å². The summed E-state index contributed by atoms with van der Waals surface area (Å²) < 4.78 is 11.4. The van der Waals surface area contributed by atoms with Crippen molar-refractivity contribution in [3.8, 4) is 23.7 Å². The van der Waals surface area contributed by atoms with Gasteiger partial charge >= 0.3 is 0 Å². The van der Waals surface area contributed by atoms with Gasteiger partial charge in [-0.05, 0) is 23.8 Å². The zero-order chi connectivity index (χ0) is 17.9. The molecule has 0 saturated carbocycles. The van der Waals surface area contributed by atoms with Crippen LogP contribution in [0.3, 0.4) is 0 Å². The number of allylic oxidation sites excluding steroid dienone is 2. The number of ether oxygens (including phenoxy) is 2. The van der Waals surface area contributed by atoms with Crippen LogP contribution < -0.4 is 0 Å². The van der Waals surface area contributed by atoms with E-state index >= 15 is 0 Å². The van der Waals surface area contributed by atoms with Crippen LogP contribution in [-0.2, 0) is 14.3 Å². The van der Waals surface area contributed by atoms with Crippen molar-refractivity contribution < 1.29 is 24.5 Å². The van der Waals surface area contributed by atoms with E-state index in [-0.39, 0.29) is 11.5 Å². The number of hydrogen-bond donors (Lipinski definition) is 2. The normalized spacial score (nSPS) is 32.2. The van der Waals surface area contributed by atoms with E-state index in [4.69, 9.17) is 9.47 Å². The minimum Gasteiger partial charge on any atom is -0.376 e. The molecule has 1 fully saturated rings. The standard InChI is InChI=1S/C19H18O5S/c1-14(20)25-11-7-16-15-12-19(23-9-10-24-19)13-18(16,22)8-5-3-2-4-6-17(15)21/h2-3,7,12,17,21-22H,9-11,13H2,1H3/b3-2-,16-7+/t17-,18-/m0/s1. The van der Waals surface area contributed by atoms with Gasteiger partial charge in [-0.3, -0.25) is 4.79 Å². The van der Waals surface area contributed by atoms with Crippen molar-refractivity contribution in [1.82, 2.24) is 0 Å². The van der Waals surface area contributed by atoms with Crippen LogP contribution in [0, 0.1) is 23.7 Å². The molecular formula is C19H18O5S. The molecule has 2 N–H and O–H groups in total. The topological polar surface area (TPSA) is 76.0 Å². The van der Waals surface area contributed by atoms with E-state index in [1.807, 2.05) is 0 Å². The van der Waals surface area contributed by atoms with E-state index in [9.17, 15) is 15.0 Å². The summed E-state index contributed by atoms with van der Waals surface area (Å²) in [4.78, 5) is 11.2. The van der Waals surface area contributed by atoms with Crippen LogP contribution in [0.4, 0.5) is 0 Å². The highest BCUT2D eigenvalue weighted by atomic mass is 32.2. The van der Waals surface area contributed by atoms with Crippen molar-refractivity contribution in [3.05, 3.63) is 35.5 Å². The van der Waals surface area contributed by atoms with Crippen molar-refractivity contribution in [1.29, 1.82) is 0 Å². The Kier molecular flexibility index (Phi) is 5.19. The summed E-state index contributed by atoms with van der Waals surface area (Å²) in [5.41, 5.74) is -0.733. The summed E-state index contributed by atoms with van der Waals surface area (Å²) in [5.74, 6) is 10.3. The third kappa shape index (κ3) is 3.90. The zero-order valence-corrected chi connectivity index (χ0v) is 14.6. The molecular weight excluding hydrogens is 340 g/mol. The fourth-order valence-electron chi connectivity index (χ4n) is 3.03. The number of aliphatic hydroxyl groups excluding tert-OH is 1. The van der Waals surface area contributed by atoms with Gasteiger partial charge in [0, 0.05) is 18.2 Å². The van der Waals surface area contributed by atoms with Crippen molar-refractivity contribution in [3.63, 3.8) is 0 Å². The minimum atomic E-state index is -1.57. The molecule has 0 unspecified atom stereocenters. The van der Waals surface area contributed by atoms with Crippen molar-refractivity contribution in [2.75, 3.05) is 19.0 Å². The number of rotatable bonds is 2. The van der Waals surface area contributed by atoms with Gasteiger partial charge in [0.1, 0.15) is 6.10 Å². The minimum absolute atomic E-state index is 0.0314. The predicted molar refractivity (Wildman–Crippen MR) is 94.2 cm³/mol. The lowest BCUT2D eigenvalue weighted by Crippen LogP contribution is -2.47. The van der Waals surface area contributed by atoms with Gasteiger partial charge in [0.25, 0.3) is 0 Å². The fraction of sp³-hybridized carbons (Fsp3) is 0.421. The highest BCUT2D eigenvalue weighted by molar-refractivity contribution is 8.13. The Balaban J connectivity index is 2.12. The molecule has 2 atom stereocenters. The SMILES string of the molecule is CC(=O)SC/C=C1\C2=CC3(C[C@@]1(O)C#C/C=C\C#C[C@@H]2O)OCCO3. The third-order valence-corrected chi connectivity index (χ3v) is 4.77. The van der Waals surface area contributed by atoms with Crippen LogP contribution in [0.25, 0.3) is 0 Å². The second-order valence-corrected chi connectivity index (χ2v) is 7.06. The van der Waals surface area contributed by atoms with E-state index < -0.39 is 17.5 Å². The van der Waals surface area contributed by atoms with Crippen molar-refractivity contribution >= 4 is 16.9 Å². The lowest BCUT2D eigenvalue weighted by molar-refractivity contribution is -0.149. The molecule has 0 aromatic rings. The Morgan fingerprint density at radius 1 is 1.40 bits per heavy atom. The number of carbonyl (C=O) groups excluding carboxylic acids is 1. The fourth-order valence-corrected chi connectivity index (χ4v) is 3.51. The molecule has 25 heavy (non-hydrogen) atoms. The Morgan fingerprint density at radius 2 is 2.12 bits per heavy atom. The first kappa shape index (κ1) is 18.0. The first-order valence-electron chi connectivity index (χ1n) is 7.88. The number of fused-ring (bicyclic) bond motifs is 2. The van der Waals surface area contributed by atoms with Gasteiger partial charge in [0.15, 0.2) is 16.5 Å². The summed E-state index contributed by atoms with van der Waals surface area (Å²) in [6, 6.07) is 0. The largest absolute Gasteiger partial charge is 0.376 e. The maximum Gasteiger partial charge on any atom is 0.192 e. The quantitative estimate of drug-likeness (QED) is 0.716. The van der Waals surface area contributed by atoms with Gasteiger partial charge < -0.3 is 19.7 Å². The van der Waals surface area contributed by atoms with Crippen LogP contribution in [0.1, 0.15) is 13.3 Å². The first-order valence-corrected chi connectivity index (χ1v) is 8.87. The highest BCUT2D eigenvalue weighted by Crippen LogP contribution is 2.44. The molecule has 0 radical (unpaired) electrons. The molecule has 0 aromatic carbocycles. The van der Waals surface area contributed by atoms with Crippen LogP contribution in [0.15, 0.2) is 35.5 Å². The van der Waals surface area contributed by atoms with Gasteiger partial charge in [-0.1, -0.05) is 41.5 Å². The zero-order valence-electron chi connectivity index (χ0n) is 13.7. The second kappa shape index (κ2) is 7.21. The molecule has 2 bridgehead atoms. The molecule has 3 rings (SSSR count). The monoisotopic (exact) mass is 358 g/mol. The van der Waals surface area contributed by atoms with E-state index in [0.717, 1.165) is 11.8 Å². The molecule has 3 aliphatic rings. The molecule has 0 aromatic heterocycles. The summed E-state index contributed by atoms with van der Waals surface area (Å²) >= 11 is 1.11. The Morgan fingerprint density at radius 3 is 2.84 bits per heavy atom. The lowest BCUT2D eigenvalue weighted by Gasteiger charge is -2.40. The van der Waals surface area contributed by atoms with E-state index in [1.54, 1.807) is 12.2 Å². The maximum atomic E-state index is 11.3. The average Bonchev–Trinajstić information content (AvgIpc) is 2.99. The summed E-state index contributed by atoms with van der Waals surface area (Å²) in [6.45, 7) is 2.27. The predicted octanol–water partition coefficient (Wildman–Crippen LogP) is 0.934. The Bertz CT molecular complexity index is 780. The molecule has 1 aliphatic heterocycles. The number of carbonyl (C=O) groups is 1. The average molecular weight is 358 g/mol. The molecule has 1 heterocycles. The molecule has 1 saturated heterocycles. The van der Waals surface area contributed by atoms with Gasteiger partial charge in [0.05, 0.1) is 19.6 Å². The van der Waals surface area contributed by atoms with Gasteiger partial charge in [-0.25, -0.2) is 0 Å². The first-order chi connectivity index (χ1) is 11.9. The molecule has 2 aliphatic carbocycles. The van der Waals surface area contributed by atoms with Crippen molar-refractivity contribution in [2.45, 2.75) is 30.8 Å². The highest BCUT2D eigenvalue weighted by Gasteiger charge is 2.50. The lowest BCUT2D eigenvalue weighted by atomic mass is 9.75. The molecule has 6 heteroatoms. The molecule has 130 valence electrons. The second-order valence-electron chi connectivity index (χ2n) is 5.86. The molecule has 0 amide bonds. The Hall–Kier alpha value is -1.80. The van der Waals surface area contributed by atoms with Crippen molar-refractivity contribution in [2.24, 2.45) is 0 Å². The van der Waals surface area contributed by atoms with Gasteiger partial charge in [-0.15, -0.1) is 0 Å². The van der Waals surface area contributed by atoms with E-state index in [1.165, 1.54) is 19.1 Å². The Labute approximate surface area is 150 Å². The number of hydrogen-bond acceptors (Lipinski definition) is 6. The number of aliphatic hydroxyl groups is 2. The van der Waals surface area contributed by atoms with Crippen LogP contribution in [-0.4, -0.2) is 51.8 Å². The van der Waals surface area contributed by atoms with E-state index in [2.05, 4.69) is 23.7 Å². The third-order valence-electron chi connectivity index (χ3n) is 4.03. The molecule has 1 spiro atoms. The summed E-state index contributed by atoms with van der Waals surface area (Å²) in [7, 11) is 0. The van der Waals surface area contributed by atoms with Crippen LogP contribution >= 0.6 is 11.8 Å². The summed E-state index contributed by atoms with van der Waals surface area (Å²) in [5, 5.41) is 21.7. The summed E-state index contributed by atoms with van der Waals surface area (Å²) in [6.07, 6.45) is 5.38. The van der Waals surface area contributed by atoms with Gasteiger partial charge in [0.2, 0.25) is 0 Å². The molecule has 5 nitrogen and oxygen atoms in total. The smallest absolute Gasteiger partial charge is 0.192 e. The van der Waals surface area contributed by atoms with Crippen LogP contribution in [0.5, 0.6) is 0 Å². The number of thioether (sulfide) groups is 1. The van der Waals surface area contributed by atoms with Gasteiger partial charge in [-0.2, -0.15) is 0 Å². The van der Waals surface area contributed by atoms with Crippen LogP contribution in [0.2, 0.25) is 0 Å².